The first kappa shape index (κ1) is 21.2. The second-order valence-electron chi connectivity index (χ2n) is 9.05. The molecule has 174 valence electrons. The van der Waals surface area contributed by atoms with Gasteiger partial charge in [-0.3, -0.25) is 0 Å². The minimum atomic E-state index is -0.376. The summed E-state index contributed by atoms with van der Waals surface area (Å²) >= 11 is 0. The van der Waals surface area contributed by atoms with E-state index in [1.807, 2.05) is 0 Å². The molecule has 6 nitrogen and oxygen atoms in total. The molecule has 0 saturated carbocycles. The Bertz CT molecular complexity index is 1210. The molecule has 2 atom stereocenters. The van der Waals surface area contributed by atoms with Crippen LogP contribution < -0.4 is 10.6 Å². The van der Waals surface area contributed by atoms with Crippen molar-refractivity contribution in [1.29, 1.82) is 0 Å². The van der Waals surface area contributed by atoms with Crippen molar-refractivity contribution in [1.82, 2.24) is 30.6 Å². The first-order chi connectivity index (χ1) is 16.7. The zero-order chi connectivity index (χ0) is 23.1. The Morgan fingerprint density at radius 1 is 0.676 bits per heavy atom. The van der Waals surface area contributed by atoms with Crippen LogP contribution in [-0.2, 0) is 0 Å². The fourth-order valence-corrected chi connectivity index (χ4v) is 4.96. The zero-order valence-corrected chi connectivity index (χ0v) is 18.7. The van der Waals surface area contributed by atoms with Crippen LogP contribution in [0.25, 0.3) is 33.6 Å². The third-order valence-electron chi connectivity index (χ3n) is 6.82. The van der Waals surface area contributed by atoms with E-state index in [9.17, 15) is 0 Å². The lowest BCUT2D eigenvalue weighted by molar-refractivity contribution is 0.612. The number of nitrogens with zero attached hydrogens (tertiary/aromatic N) is 2. The Hall–Kier alpha value is -3.36. The van der Waals surface area contributed by atoms with Crippen LogP contribution in [0, 0.1) is 11.6 Å². The van der Waals surface area contributed by atoms with Gasteiger partial charge in [0, 0.05) is 11.1 Å². The van der Waals surface area contributed by atoms with Crippen molar-refractivity contribution < 1.29 is 8.78 Å². The van der Waals surface area contributed by atoms with E-state index in [0.717, 1.165) is 50.4 Å². The average molecular weight is 461 g/mol. The van der Waals surface area contributed by atoms with Crippen LogP contribution >= 0.6 is 0 Å². The number of halogens is 2. The van der Waals surface area contributed by atoms with Crippen LogP contribution in [0.3, 0.4) is 0 Å². The van der Waals surface area contributed by atoms with Gasteiger partial charge in [-0.1, -0.05) is 12.1 Å². The molecule has 0 amide bonds. The number of H-pyrrole nitrogens is 2. The molecular formula is C26H26F2N6. The van der Waals surface area contributed by atoms with Gasteiger partial charge in [0.05, 0.1) is 35.9 Å². The summed E-state index contributed by atoms with van der Waals surface area (Å²) in [5.41, 5.74) is 3.40. The molecule has 4 N–H and O–H groups in total. The maximum absolute atomic E-state index is 15.0. The fourth-order valence-electron chi connectivity index (χ4n) is 4.96. The van der Waals surface area contributed by atoms with Crippen LogP contribution in [0.4, 0.5) is 8.78 Å². The van der Waals surface area contributed by atoms with E-state index in [4.69, 9.17) is 0 Å². The Morgan fingerprint density at radius 2 is 1.15 bits per heavy atom. The summed E-state index contributed by atoms with van der Waals surface area (Å²) in [4.78, 5) is 15.3. The van der Waals surface area contributed by atoms with Gasteiger partial charge in [-0.2, -0.15) is 0 Å². The van der Waals surface area contributed by atoms with E-state index in [1.165, 1.54) is 12.1 Å². The van der Waals surface area contributed by atoms with Crippen molar-refractivity contribution in [2.45, 2.75) is 37.8 Å². The molecule has 0 spiro atoms. The van der Waals surface area contributed by atoms with Crippen LogP contribution in [-0.4, -0.2) is 33.0 Å². The van der Waals surface area contributed by atoms with Crippen LogP contribution in [0.15, 0.2) is 48.8 Å². The standard InChI is InChI=1S/C26H26F2N6/c27-19-11-15(5-7-17(19)23-13-31-25(33-23)21-3-1-9-29-21)16-6-8-18(20(28)12-16)24-14-32-26(34-24)22-4-2-10-30-22/h5-8,11-14,21-22,29-30H,1-4,9-10H2,(H,31,33)(H,32,34)/t21-,22?/m0/s1. The molecule has 2 aliphatic rings. The minimum Gasteiger partial charge on any atom is -0.341 e. The molecule has 2 aromatic heterocycles. The van der Waals surface area contributed by atoms with E-state index < -0.39 is 0 Å². The minimum absolute atomic E-state index is 0.193. The smallest absolute Gasteiger partial charge is 0.133 e. The van der Waals surface area contributed by atoms with Gasteiger partial charge in [-0.15, -0.1) is 0 Å². The van der Waals surface area contributed by atoms with Crippen molar-refractivity contribution in [2.24, 2.45) is 0 Å². The molecule has 2 saturated heterocycles. The number of nitrogens with one attached hydrogen (secondary N) is 4. The van der Waals surface area contributed by atoms with Gasteiger partial charge in [-0.25, -0.2) is 18.7 Å². The van der Waals surface area contributed by atoms with Crippen LogP contribution in [0.5, 0.6) is 0 Å². The van der Waals surface area contributed by atoms with Gasteiger partial charge in [0.25, 0.3) is 0 Å². The van der Waals surface area contributed by atoms with E-state index in [0.29, 0.717) is 33.6 Å². The molecule has 34 heavy (non-hydrogen) atoms. The van der Waals surface area contributed by atoms with E-state index >= 15 is 8.78 Å². The van der Waals surface area contributed by atoms with Crippen molar-refractivity contribution in [2.75, 3.05) is 13.1 Å². The normalized spacial score (nSPS) is 20.3. The lowest BCUT2D eigenvalue weighted by Crippen LogP contribution is -2.14. The van der Waals surface area contributed by atoms with Crippen molar-refractivity contribution in [3.8, 4) is 33.6 Å². The summed E-state index contributed by atoms with van der Waals surface area (Å²) in [7, 11) is 0. The van der Waals surface area contributed by atoms with E-state index in [2.05, 4.69) is 30.6 Å². The third kappa shape index (κ3) is 3.93. The highest BCUT2D eigenvalue weighted by molar-refractivity contribution is 5.72. The number of imidazole rings is 2. The Balaban J connectivity index is 1.24. The number of hydrogen-bond acceptors (Lipinski definition) is 4. The van der Waals surface area contributed by atoms with E-state index in [1.54, 1.807) is 36.7 Å². The highest BCUT2D eigenvalue weighted by Gasteiger charge is 2.21. The summed E-state index contributed by atoms with van der Waals surface area (Å²) in [6.07, 6.45) is 7.60. The first-order valence-corrected chi connectivity index (χ1v) is 11.8. The van der Waals surface area contributed by atoms with Crippen molar-refractivity contribution >= 4 is 0 Å². The van der Waals surface area contributed by atoms with Crippen LogP contribution in [0.1, 0.15) is 49.4 Å². The van der Waals surface area contributed by atoms with Crippen LogP contribution in [0.2, 0.25) is 0 Å². The highest BCUT2D eigenvalue weighted by atomic mass is 19.1. The molecule has 0 aliphatic carbocycles. The maximum atomic E-state index is 15.0. The van der Waals surface area contributed by atoms with E-state index in [-0.39, 0.29) is 23.7 Å². The Kier molecular flexibility index (Phi) is 5.47. The Morgan fingerprint density at radius 3 is 1.53 bits per heavy atom. The molecule has 2 fully saturated rings. The second kappa shape index (κ2) is 8.77. The lowest BCUT2D eigenvalue weighted by atomic mass is 10.00. The summed E-state index contributed by atoms with van der Waals surface area (Å²) < 4.78 is 30.1. The number of hydrogen-bond donors (Lipinski definition) is 4. The molecule has 0 radical (unpaired) electrons. The van der Waals surface area contributed by atoms with Crippen molar-refractivity contribution in [3.05, 3.63) is 72.1 Å². The first-order valence-electron chi connectivity index (χ1n) is 11.8. The maximum Gasteiger partial charge on any atom is 0.133 e. The molecule has 6 rings (SSSR count). The van der Waals surface area contributed by atoms with Gasteiger partial charge in [-0.05, 0) is 74.2 Å². The number of rotatable bonds is 5. The summed E-state index contributed by atoms with van der Waals surface area (Å²) in [5.74, 6) is 0.913. The third-order valence-corrected chi connectivity index (χ3v) is 6.82. The lowest BCUT2D eigenvalue weighted by Gasteiger charge is -2.09. The van der Waals surface area contributed by atoms with Gasteiger partial charge >= 0.3 is 0 Å². The predicted octanol–water partition coefficient (Wildman–Crippen LogP) is 5.26. The van der Waals surface area contributed by atoms with Gasteiger partial charge in [0.1, 0.15) is 23.3 Å². The molecule has 4 heterocycles. The predicted molar refractivity (Wildman–Crippen MR) is 127 cm³/mol. The number of benzene rings is 2. The van der Waals surface area contributed by atoms with Crippen molar-refractivity contribution in [3.63, 3.8) is 0 Å². The molecule has 0 bridgehead atoms. The molecule has 8 heteroatoms. The summed E-state index contributed by atoms with van der Waals surface area (Å²) in [6.45, 7) is 1.94. The SMILES string of the molecule is Fc1cc(-c2ccc(-c3cnc([C@@H]4CCCN4)[nH]3)c(F)c2)ccc1-c1cnc(C2CCCN2)[nH]1. The molecule has 4 aromatic rings. The monoisotopic (exact) mass is 460 g/mol. The molecule has 2 aromatic carbocycles. The Labute approximate surface area is 196 Å². The summed E-state index contributed by atoms with van der Waals surface area (Å²) in [6, 6.07) is 10.3. The van der Waals surface area contributed by atoms with Gasteiger partial charge in [0.15, 0.2) is 0 Å². The number of aromatic amines is 2. The molecule has 1 unspecified atom stereocenters. The topological polar surface area (TPSA) is 81.4 Å². The van der Waals surface area contributed by atoms with Gasteiger partial charge in [0.2, 0.25) is 0 Å². The molecule has 2 aliphatic heterocycles. The fraction of sp³-hybridized carbons (Fsp3) is 0.308. The summed E-state index contributed by atoms with van der Waals surface area (Å²) in [5, 5.41) is 6.78. The van der Waals surface area contributed by atoms with Gasteiger partial charge < -0.3 is 20.6 Å². The largest absolute Gasteiger partial charge is 0.341 e. The quantitative estimate of drug-likeness (QED) is 0.327. The average Bonchev–Trinajstić information content (AvgIpc) is 3.65. The zero-order valence-electron chi connectivity index (χ0n) is 18.7. The second-order valence-corrected chi connectivity index (χ2v) is 9.05. The number of aromatic nitrogens is 4. The highest BCUT2D eigenvalue weighted by Crippen LogP contribution is 2.32. The molecular weight excluding hydrogens is 434 g/mol.